The van der Waals surface area contributed by atoms with E-state index in [4.69, 9.17) is 25.8 Å². The second-order valence-corrected chi connectivity index (χ2v) is 5.73. The number of methoxy groups -OCH3 is 1. The summed E-state index contributed by atoms with van der Waals surface area (Å²) in [6, 6.07) is 12.2. The molecule has 0 fully saturated rings. The first-order valence-electron chi connectivity index (χ1n) is 8.09. The van der Waals surface area contributed by atoms with Crippen LogP contribution in [0.2, 0.25) is 5.02 Å². The monoisotopic (exact) mass is 376 g/mol. The summed E-state index contributed by atoms with van der Waals surface area (Å²) in [5, 5.41) is 4.55. The van der Waals surface area contributed by atoms with E-state index in [1.54, 1.807) is 50.4 Å². The van der Waals surface area contributed by atoms with Crippen LogP contribution in [0.4, 0.5) is 0 Å². The molecule has 1 unspecified atom stereocenters. The van der Waals surface area contributed by atoms with E-state index in [0.717, 1.165) is 5.56 Å². The standard InChI is InChI=1S/C19H21ClN2O4/c1-4-25-17-10-5-14(11-18(17)24-3)12-21-22-19(23)13(2)26-16-8-6-15(20)7-9-16/h5-13H,4H2,1-3H3,(H,22,23)/b21-12+. The highest BCUT2D eigenvalue weighted by atomic mass is 35.5. The first-order valence-corrected chi connectivity index (χ1v) is 8.47. The first-order chi connectivity index (χ1) is 12.5. The summed E-state index contributed by atoms with van der Waals surface area (Å²) in [6.45, 7) is 4.09. The Bertz CT molecular complexity index is 763. The van der Waals surface area contributed by atoms with E-state index in [-0.39, 0.29) is 5.91 Å². The number of rotatable bonds is 8. The third-order valence-electron chi connectivity index (χ3n) is 3.37. The maximum atomic E-state index is 12.0. The molecule has 0 saturated heterocycles. The predicted molar refractivity (Wildman–Crippen MR) is 101 cm³/mol. The van der Waals surface area contributed by atoms with Gasteiger partial charge < -0.3 is 14.2 Å². The Hall–Kier alpha value is -2.73. The molecule has 7 heteroatoms. The van der Waals surface area contributed by atoms with Gasteiger partial charge in [0.05, 0.1) is 19.9 Å². The van der Waals surface area contributed by atoms with E-state index in [9.17, 15) is 4.79 Å². The molecule has 0 bridgehead atoms. The maximum Gasteiger partial charge on any atom is 0.280 e. The molecule has 138 valence electrons. The summed E-state index contributed by atoms with van der Waals surface area (Å²) in [4.78, 5) is 12.0. The van der Waals surface area contributed by atoms with Crippen molar-refractivity contribution in [2.45, 2.75) is 20.0 Å². The Morgan fingerprint density at radius 3 is 2.62 bits per heavy atom. The average Bonchev–Trinajstić information content (AvgIpc) is 2.64. The fraction of sp³-hybridized carbons (Fsp3) is 0.263. The normalized spacial score (nSPS) is 11.8. The zero-order valence-electron chi connectivity index (χ0n) is 14.9. The minimum Gasteiger partial charge on any atom is -0.493 e. The van der Waals surface area contributed by atoms with Gasteiger partial charge in [0, 0.05) is 5.02 Å². The van der Waals surface area contributed by atoms with Crippen LogP contribution in [0.15, 0.2) is 47.6 Å². The van der Waals surface area contributed by atoms with Crippen LogP contribution in [0.25, 0.3) is 0 Å². The summed E-state index contributed by atoms with van der Waals surface area (Å²) in [5.41, 5.74) is 3.21. The molecule has 0 spiro atoms. The predicted octanol–water partition coefficient (Wildman–Crippen LogP) is 3.66. The summed E-state index contributed by atoms with van der Waals surface area (Å²) in [7, 11) is 1.57. The van der Waals surface area contributed by atoms with Crippen molar-refractivity contribution in [2.75, 3.05) is 13.7 Å². The number of hydrazone groups is 1. The highest BCUT2D eigenvalue weighted by Gasteiger charge is 2.13. The molecule has 0 heterocycles. The van der Waals surface area contributed by atoms with Crippen LogP contribution in [0.5, 0.6) is 17.2 Å². The smallest absolute Gasteiger partial charge is 0.280 e. The molecule has 0 aliphatic rings. The van der Waals surface area contributed by atoms with Crippen molar-refractivity contribution < 1.29 is 19.0 Å². The Kier molecular flexibility index (Phi) is 7.29. The number of benzene rings is 2. The molecule has 1 amide bonds. The van der Waals surface area contributed by atoms with Crippen LogP contribution in [0.1, 0.15) is 19.4 Å². The number of ether oxygens (including phenoxy) is 3. The molecule has 2 aromatic rings. The molecule has 1 atom stereocenters. The van der Waals surface area contributed by atoms with Crippen LogP contribution in [0, 0.1) is 0 Å². The zero-order valence-corrected chi connectivity index (χ0v) is 15.6. The number of hydrogen-bond acceptors (Lipinski definition) is 5. The molecule has 0 saturated carbocycles. The van der Waals surface area contributed by atoms with E-state index < -0.39 is 6.10 Å². The Morgan fingerprint density at radius 2 is 1.96 bits per heavy atom. The second-order valence-electron chi connectivity index (χ2n) is 5.29. The minimum atomic E-state index is -0.705. The maximum absolute atomic E-state index is 12.0. The van der Waals surface area contributed by atoms with Crippen molar-refractivity contribution in [3.63, 3.8) is 0 Å². The van der Waals surface area contributed by atoms with E-state index in [1.807, 2.05) is 13.0 Å². The highest BCUT2D eigenvalue weighted by molar-refractivity contribution is 6.30. The molecule has 26 heavy (non-hydrogen) atoms. The summed E-state index contributed by atoms with van der Waals surface area (Å²) in [6.07, 6.45) is 0.814. The second kappa shape index (κ2) is 9.68. The van der Waals surface area contributed by atoms with Crippen molar-refractivity contribution in [2.24, 2.45) is 5.10 Å². The highest BCUT2D eigenvalue weighted by Crippen LogP contribution is 2.27. The van der Waals surface area contributed by atoms with Crippen molar-refractivity contribution >= 4 is 23.7 Å². The van der Waals surface area contributed by atoms with Gasteiger partial charge in [-0.05, 0) is 61.9 Å². The van der Waals surface area contributed by atoms with Crippen LogP contribution < -0.4 is 19.6 Å². The fourth-order valence-electron chi connectivity index (χ4n) is 2.07. The van der Waals surface area contributed by atoms with Crippen molar-refractivity contribution in [1.82, 2.24) is 5.43 Å². The number of hydrogen-bond donors (Lipinski definition) is 1. The number of carbonyl (C=O) groups is 1. The van der Waals surface area contributed by atoms with Gasteiger partial charge in [0.15, 0.2) is 17.6 Å². The molecule has 2 rings (SSSR count). The number of carbonyl (C=O) groups excluding carboxylic acids is 1. The lowest BCUT2D eigenvalue weighted by Crippen LogP contribution is -2.33. The molecule has 0 aromatic heterocycles. The third kappa shape index (κ3) is 5.67. The van der Waals surface area contributed by atoms with Gasteiger partial charge in [0.2, 0.25) is 0 Å². The first kappa shape index (κ1) is 19.6. The lowest BCUT2D eigenvalue weighted by Gasteiger charge is -2.13. The SMILES string of the molecule is CCOc1ccc(/C=N/NC(=O)C(C)Oc2ccc(Cl)cc2)cc1OC. The fourth-order valence-corrected chi connectivity index (χ4v) is 2.20. The zero-order chi connectivity index (χ0) is 18.9. The van der Waals surface area contributed by atoms with Crippen molar-refractivity contribution in [1.29, 1.82) is 0 Å². The molecule has 6 nitrogen and oxygen atoms in total. The van der Waals surface area contributed by atoms with Gasteiger partial charge in [-0.1, -0.05) is 11.6 Å². The number of halogens is 1. The molecule has 2 aromatic carbocycles. The number of nitrogens with zero attached hydrogens (tertiary/aromatic N) is 1. The Morgan fingerprint density at radius 1 is 1.23 bits per heavy atom. The van der Waals surface area contributed by atoms with Crippen molar-refractivity contribution in [3.8, 4) is 17.2 Å². The van der Waals surface area contributed by atoms with E-state index in [2.05, 4.69) is 10.5 Å². The number of nitrogens with one attached hydrogen (secondary N) is 1. The van der Waals surface area contributed by atoms with Gasteiger partial charge in [-0.2, -0.15) is 5.10 Å². The molecule has 0 radical (unpaired) electrons. The topological polar surface area (TPSA) is 69.2 Å². The summed E-state index contributed by atoms with van der Waals surface area (Å²) < 4.78 is 16.3. The molecule has 0 aliphatic carbocycles. The van der Waals surface area contributed by atoms with Crippen LogP contribution >= 0.6 is 11.6 Å². The van der Waals surface area contributed by atoms with E-state index in [1.165, 1.54) is 6.21 Å². The van der Waals surface area contributed by atoms with Crippen LogP contribution in [0.3, 0.4) is 0 Å². The third-order valence-corrected chi connectivity index (χ3v) is 3.62. The lowest BCUT2D eigenvalue weighted by molar-refractivity contribution is -0.127. The van der Waals surface area contributed by atoms with Crippen LogP contribution in [-0.4, -0.2) is 31.9 Å². The Labute approximate surface area is 157 Å². The molecule has 0 aliphatic heterocycles. The van der Waals surface area contributed by atoms with Gasteiger partial charge >= 0.3 is 0 Å². The summed E-state index contributed by atoms with van der Waals surface area (Å²) in [5.74, 6) is 1.44. The van der Waals surface area contributed by atoms with Gasteiger partial charge in [-0.25, -0.2) is 5.43 Å². The van der Waals surface area contributed by atoms with Crippen LogP contribution in [-0.2, 0) is 4.79 Å². The lowest BCUT2D eigenvalue weighted by atomic mass is 10.2. The Balaban J connectivity index is 1.92. The quantitative estimate of drug-likeness (QED) is 0.563. The molecular weight excluding hydrogens is 356 g/mol. The molecule has 1 N–H and O–H groups in total. The summed E-state index contributed by atoms with van der Waals surface area (Å²) >= 11 is 5.82. The van der Waals surface area contributed by atoms with Gasteiger partial charge in [0.25, 0.3) is 5.91 Å². The van der Waals surface area contributed by atoms with Gasteiger partial charge in [-0.3, -0.25) is 4.79 Å². The van der Waals surface area contributed by atoms with Gasteiger partial charge in [-0.15, -0.1) is 0 Å². The minimum absolute atomic E-state index is 0.367. The molecular formula is C19H21ClN2O4. The van der Waals surface area contributed by atoms with Crippen molar-refractivity contribution in [3.05, 3.63) is 53.1 Å². The van der Waals surface area contributed by atoms with E-state index >= 15 is 0 Å². The largest absolute Gasteiger partial charge is 0.493 e. The van der Waals surface area contributed by atoms with E-state index in [0.29, 0.717) is 28.9 Å². The number of amides is 1. The average molecular weight is 377 g/mol. The van der Waals surface area contributed by atoms with Gasteiger partial charge in [0.1, 0.15) is 5.75 Å².